The molecule has 2 N–H and O–H groups in total. The molecular formula is C24H22ClN3O5. The van der Waals surface area contributed by atoms with Crippen molar-refractivity contribution in [3.8, 4) is 11.1 Å². The van der Waals surface area contributed by atoms with Gasteiger partial charge in [-0.15, -0.1) is 0 Å². The standard InChI is InChI=1S/C24H22ClN3O5/c1-24(2,3)33-23(30)27-18-10-6-16(7-11-18)15-4-8-17(9-5-15)26-22(29)20-14-19(28(31)32)12-13-21(20)25/h4-14H,1-3H3,(H,26,29)(H,27,30). The van der Waals surface area contributed by atoms with Crippen LogP contribution in [0, 0.1) is 10.1 Å². The molecule has 0 saturated heterocycles. The summed E-state index contributed by atoms with van der Waals surface area (Å²) in [5, 5.41) is 16.4. The van der Waals surface area contributed by atoms with Gasteiger partial charge in [-0.1, -0.05) is 35.9 Å². The number of ether oxygens (including phenoxy) is 1. The van der Waals surface area contributed by atoms with Crippen molar-refractivity contribution < 1.29 is 19.2 Å². The molecule has 0 aliphatic heterocycles. The SMILES string of the molecule is CC(C)(C)OC(=O)Nc1ccc(-c2ccc(NC(=O)c3cc([N+](=O)[O-])ccc3Cl)cc2)cc1. The number of carbonyl (C=O) groups is 2. The van der Waals surface area contributed by atoms with E-state index in [1.807, 2.05) is 24.3 Å². The number of benzene rings is 3. The highest BCUT2D eigenvalue weighted by atomic mass is 35.5. The third-order valence-corrected chi connectivity index (χ3v) is 4.74. The van der Waals surface area contributed by atoms with Crippen LogP contribution in [0.3, 0.4) is 0 Å². The van der Waals surface area contributed by atoms with E-state index in [0.717, 1.165) is 17.2 Å². The van der Waals surface area contributed by atoms with Crippen LogP contribution >= 0.6 is 11.6 Å². The minimum absolute atomic E-state index is 0.0167. The maximum Gasteiger partial charge on any atom is 0.412 e. The van der Waals surface area contributed by atoms with Gasteiger partial charge < -0.3 is 10.1 Å². The summed E-state index contributed by atoms with van der Waals surface area (Å²) >= 11 is 6.03. The predicted octanol–water partition coefficient (Wildman–Crippen LogP) is 6.51. The van der Waals surface area contributed by atoms with Crippen molar-refractivity contribution in [3.63, 3.8) is 0 Å². The summed E-state index contributed by atoms with van der Waals surface area (Å²) in [5.41, 5.74) is 2.13. The number of hydrogen-bond donors (Lipinski definition) is 2. The maximum atomic E-state index is 12.5. The first kappa shape index (κ1) is 23.7. The number of hydrogen-bond acceptors (Lipinski definition) is 5. The second kappa shape index (κ2) is 9.70. The molecule has 8 nitrogen and oxygen atoms in total. The predicted molar refractivity (Wildman–Crippen MR) is 128 cm³/mol. The minimum Gasteiger partial charge on any atom is -0.444 e. The molecule has 3 aromatic rings. The van der Waals surface area contributed by atoms with E-state index in [0.29, 0.717) is 11.4 Å². The zero-order chi connectivity index (χ0) is 24.2. The number of rotatable bonds is 5. The largest absolute Gasteiger partial charge is 0.444 e. The first-order valence-corrected chi connectivity index (χ1v) is 10.4. The highest BCUT2D eigenvalue weighted by Crippen LogP contribution is 2.26. The van der Waals surface area contributed by atoms with Crippen molar-refractivity contribution in [1.82, 2.24) is 0 Å². The van der Waals surface area contributed by atoms with Crippen LogP contribution in [0.4, 0.5) is 21.9 Å². The lowest BCUT2D eigenvalue weighted by Gasteiger charge is -2.19. The smallest absolute Gasteiger partial charge is 0.412 e. The van der Waals surface area contributed by atoms with Crippen molar-refractivity contribution in [3.05, 3.63) is 87.4 Å². The molecule has 0 spiro atoms. The van der Waals surface area contributed by atoms with E-state index in [4.69, 9.17) is 16.3 Å². The molecule has 0 bridgehead atoms. The van der Waals surface area contributed by atoms with Crippen molar-refractivity contribution in [2.45, 2.75) is 26.4 Å². The van der Waals surface area contributed by atoms with E-state index in [2.05, 4.69) is 10.6 Å². The topological polar surface area (TPSA) is 111 Å². The summed E-state index contributed by atoms with van der Waals surface area (Å²) in [7, 11) is 0. The number of anilines is 2. The summed E-state index contributed by atoms with van der Waals surface area (Å²) in [6.07, 6.45) is -0.529. The van der Waals surface area contributed by atoms with Gasteiger partial charge in [0, 0.05) is 23.5 Å². The van der Waals surface area contributed by atoms with Crippen molar-refractivity contribution in [2.75, 3.05) is 10.6 Å². The second-order valence-electron chi connectivity index (χ2n) is 8.16. The lowest BCUT2D eigenvalue weighted by molar-refractivity contribution is -0.384. The molecule has 0 aromatic heterocycles. The molecule has 0 unspecified atom stereocenters. The molecular weight excluding hydrogens is 446 g/mol. The Labute approximate surface area is 195 Å². The first-order chi connectivity index (χ1) is 15.5. The van der Waals surface area contributed by atoms with Gasteiger partial charge in [0.2, 0.25) is 0 Å². The maximum absolute atomic E-state index is 12.5. The number of nitro groups is 1. The molecule has 0 aliphatic carbocycles. The Bertz CT molecular complexity index is 1190. The Morgan fingerprint density at radius 2 is 1.39 bits per heavy atom. The normalized spacial score (nSPS) is 10.9. The fourth-order valence-electron chi connectivity index (χ4n) is 2.91. The summed E-state index contributed by atoms with van der Waals surface area (Å²) in [4.78, 5) is 34.8. The lowest BCUT2D eigenvalue weighted by Crippen LogP contribution is -2.27. The van der Waals surface area contributed by atoms with Gasteiger partial charge in [0.25, 0.3) is 11.6 Å². The Balaban J connectivity index is 1.67. The Kier molecular flexibility index (Phi) is 6.98. The number of nitrogens with zero attached hydrogens (tertiary/aromatic N) is 1. The fraction of sp³-hybridized carbons (Fsp3) is 0.167. The number of carbonyl (C=O) groups excluding carboxylic acids is 2. The highest BCUT2D eigenvalue weighted by Gasteiger charge is 2.17. The summed E-state index contributed by atoms with van der Waals surface area (Å²) in [5.74, 6) is -0.547. The Hall–Kier alpha value is -3.91. The van der Waals surface area contributed by atoms with Crippen LogP contribution in [0.2, 0.25) is 5.02 Å². The molecule has 2 amide bonds. The van der Waals surface area contributed by atoms with Gasteiger partial charge in [0.1, 0.15) is 5.60 Å². The molecule has 0 radical (unpaired) electrons. The van der Waals surface area contributed by atoms with Crippen LogP contribution in [0.1, 0.15) is 31.1 Å². The average molecular weight is 468 g/mol. The van der Waals surface area contributed by atoms with Crippen LogP contribution in [0.5, 0.6) is 0 Å². The Morgan fingerprint density at radius 3 is 1.88 bits per heavy atom. The van der Waals surface area contributed by atoms with Gasteiger partial charge >= 0.3 is 6.09 Å². The lowest BCUT2D eigenvalue weighted by atomic mass is 10.0. The summed E-state index contributed by atoms with van der Waals surface area (Å²) in [6.45, 7) is 5.38. The average Bonchev–Trinajstić information content (AvgIpc) is 2.73. The van der Waals surface area contributed by atoms with Crippen LogP contribution < -0.4 is 10.6 Å². The van der Waals surface area contributed by atoms with Gasteiger partial charge in [-0.05, 0) is 62.2 Å². The van der Waals surface area contributed by atoms with E-state index in [1.54, 1.807) is 45.0 Å². The molecule has 9 heteroatoms. The zero-order valence-corrected chi connectivity index (χ0v) is 19.0. The monoisotopic (exact) mass is 467 g/mol. The number of nitro benzene ring substituents is 1. The van der Waals surface area contributed by atoms with Gasteiger partial charge in [0.05, 0.1) is 15.5 Å². The van der Waals surface area contributed by atoms with E-state index in [9.17, 15) is 19.7 Å². The molecule has 0 atom stereocenters. The van der Waals surface area contributed by atoms with E-state index in [1.165, 1.54) is 12.1 Å². The van der Waals surface area contributed by atoms with Crippen LogP contribution in [0.25, 0.3) is 11.1 Å². The van der Waals surface area contributed by atoms with Gasteiger partial charge in [-0.25, -0.2) is 4.79 Å². The van der Waals surface area contributed by atoms with Gasteiger partial charge in [-0.2, -0.15) is 0 Å². The molecule has 0 saturated carbocycles. The van der Waals surface area contributed by atoms with E-state index >= 15 is 0 Å². The summed E-state index contributed by atoms with van der Waals surface area (Å²) < 4.78 is 5.23. The third kappa shape index (κ3) is 6.54. The molecule has 0 heterocycles. The number of non-ortho nitro benzene ring substituents is 1. The van der Waals surface area contributed by atoms with E-state index in [-0.39, 0.29) is 16.3 Å². The molecule has 3 rings (SSSR count). The van der Waals surface area contributed by atoms with Crippen LogP contribution in [0.15, 0.2) is 66.7 Å². The molecule has 0 fully saturated rings. The highest BCUT2D eigenvalue weighted by molar-refractivity contribution is 6.34. The molecule has 33 heavy (non-hydrogen) atoms. The molecule has 3 aromatic carbocycles. The third-order valence-electron chi connectivity index (χ3n) is 4.41. The van der Waals surface area contributed by atoms with Crippen LogP contribution in [-0.2, 0) is 4.74 Å². The second-order valence-corrected chi connectivity index (χ2v) is 8.56. The minimum atomic E-state index is -0.587. The van der Waals surface area contributed by atoms with Crippen LogP contribution in [-0.4, -0.2) is 22.5 Å². The van der Waals surface area contributed by atoms with Gasteiger partial charge in [0.15, 0.2) is 0 Å². The number of halogens is 1. The molecule has 0 aliphatic rings. The van der Waals surface area contributed by atoms with Crippen molar-refractivity contribution >= 4 is 40.7 Å². The molecule has 170 valence electrons. The summed E-state index contributed by atoms with van der Waals surface area (Å²) in [6, 6.07) is 18.0. The Morgan fingerprint density at radius 1 is 0.879 bits per heavy atom. The first-order valence-electron chi connectivity index (χ1n) is 9.98. The van der Waals surface area contributed by atoms with Gasteiger partial charge in [-0.3, -0.25) is 20.2 Å². The number of amides is 2. The van der Waals surface area contributed by atoms with E-state index < -0.39 is 22.5 Å². The quantitative estimate of drug-likeness (QED) is 0.328. The van der Waals surface area contributed by atoms with Crippen molar-refractivity contribution in [2.24, 2.45) is 0 Å². The zero-order valence-electron chi connectivity index (χ0n) is 18.2. The fourth-order valence-corrected chi connectivity index (χ4v) is 3.12. The van der Waals surface area contributed by atoms with Crippen molar-refractivity contribution in [1.29, 1.82) is 0 Å². The number of nitrogens with one attached hydrogen (secondary N) is 2.